The van der Waals surface area contributed by atoms with Crippen LogP contribution in [-0.2, 0) is 9.53 Å². The Bertz CT molecular complexity index is 896. The van der Waals surface area contributed by atoms with E-state index in [9.17, 15) is 19.7 Å². The first kappa shape index (κ1) is 21.7. The van der Waals surface area contributed by atoms with Crippen molar-refractivity contribution in [1.82, 2.24) is 0 Å². The molecule has 0 aliphatic heterocycles. The van der Waals surface area contributed by atoms with Gasteiger partial charge in [0.15, 0.2) is 6.10 Å². The molecule has 1 unspecified atom stereocenters. The van der Waals surface area contributed by atoms with Crippen LogP contribution in [0.4, 0.5) is 17.1 Å². The van der Waals surface area contributed by atoms with Gasteiger partial charge in [-0.05, 0) is 50.2 Å². The fourth-order valence-corrected chi connectivity index (χ4v) is 2.50. The lowest BCUT2D eigenvalue weighted by Gasteiger charge is -2.15. The Kier molecular flexibility index (Phi) is 7.13. The molecule has 0 fully saturated rings. The molecule has 2 rings (SSSR count). The van der Waals surface area contributed by atoms with E-state index < -0.39 is 22.9 Å². The van der Waals surface area contributed by atoms with Gasteiger partial charge in [-0.2, -0.15) is 0 Å². The molecule has 0 aromatic heterocycles. The van der Waals surface area contributed by atoms with Crippen molar-refractivity contribution in [2.24, 2.45) is 0 Å². The van der Waals surface area contributed by atoms with Gasteiger partial charge in [0.25, 0.3) is 11.6 Å². The Labute approximate surface area is 168 Å². The molecule has 9 nitrogen and oxygen atoms in total. The molecule has 29 heavy (non-hydrogen) atoms. The van der Waals surface area contributed by atoms with Gasteiger partial charge in [0.2, 0.25) is 0 Å². The van der Waals surface area contributed by atoms with Crippen LogP contribution in [0.3, 0.4) is 0 Å². The van der Waals surface area contributed by atoms with E-state index in [4.69, 9.17) is 9.47 Å². The van der Waals surface area contributed by atoms with Gasteiger partial charge in [0.1, 0.15) is 11.4 Å². The van der Waals surface area contributed by atoms with Crippen molar-refractivity contribution in [2.75, 3.05) is 30.9 Å². The van der Waals surface area contributed by atoms with Gasteiger partial charge in [-0.15, -0.1) is 0 Å². The fraction of sp³-hybridized carbons (Fsp3) is 0.300. The number of benzene rings is 2. The Morgan fingerprint density at radius 3 is 2.38 bits per heavy atom. The number of nitrogens with zero attached hydrogens (tertiary/aromatic N) is 2. The number of nitro groups is 1. The molecule has 0 aliphatic carbocycles. The Hall–Kier alpha value is -3.62. The highest BCUT2D eigenvalue weighted by Crippen LogP contribution is 2.28. The molecular weight excluding hydrogens is 378 g/mol. The van der Waals surface area contributed by atoms with Gasteiger partial charge < -0.3 is 19.7 Å². The molecule has 2 aromatic rings. The summed E-state index contributed by atoms with van der Waals surface area (Å²) in [4.78, 5) is 36.9. The molecule has 0 heterocycles. The topological polar surface area (TPSA) is 111 Å². The third kappa shape index (κ3) is 5.68. The Morgan fingerprint density at radius 2 is 1.83 bits per heavy atom. The first-order chi connectivity index (χ1) is 13.7. The summed E-state index contributed by atoms with van der Waals surface area (Å²) in [5.74, 6) is -0.678. The van der Waals surface area contributed by atoms with Gasteiger partial charge in [-0.25, -0.2) is 4.79 Å². The molecule has 1 atom stereocenters. The van der Waals surface area contributed by atoms with Crippen LogP contribution in [0.15, 0.2) is 42.5 Å². The second-order valence-electron chi connectivity index (χ2n) is 6.35. The largest absolute Gasteiger partial charge is 0.494 e. The summed E-state index contributed by atoms with van der Waals surface area (Å²) < 4.78 is 10.5. The van der Waals surface area contributed by atoms with Gasteiger partial charge in [-0.3, -0.25) is 14.9 Å². The van der Waals surface area contributed by atoms with Crippen LogP contribution in [0.25, 0.3) is 0 Å². The van der Waals surface area contributed by atoms with Gasteiger partial charge in [0, 0.05) is 25.8 Å². The molecule has 0 saturated heterocycles. The number of hydrogen-bond donors (Lipinski definition) is 1. The minimum atomic E-state index is -1.10. The summed E-state index contributed by atoms with van der Waals surface area (Å²) >= 11 is 0. The number of carbonyl (C=O) groups is 2. The monoisotopic (exact) mass is 401 g/mol. The van der Waals surface area contributed by atoms with Crippen molar-refractivity contribution in [3.8, 4) is 5.75 Å². The standard InChI is InChI=1S/C20H23N3O6/c1-5-28-16-9-7-15(8-10-16)21-19(24)13(2)29-20(25)14-6-11-17(22(3)4)18(12-14)23(26)27/h6-13H,5H2,1-4H3,(H,21,24). The predicted octanol–water partition coefficient (Wildman–Crippen LogP) is 3.24. The fourth-order valence-electron chi connectivity index (χ4n) is 2.50. The number of anilines is 2. The number of hydrogen-bond acceptors (Lipinski definition) is 7. The number of esters is 1. The first-order valence-electron chi connectivity index (χ1n) is 8.93. The molecule has 0 saturated carbocycles. The first-order valence-corrected chi connectivity index (χ1v) is 8.93. The smallest absolute Gasteiger partial charge is 0.339 e. The molecule has 0 bridgehead atoms. The third-order valence-electron chi connectivity index (χ3n) is 3.98. The molecule has 1 N–H and O–H groups in total. The number of carbonyl (C=O) groups excluding carboxylic acids is 2. The molecule has 2 aromatic carbocycles. The summed E-state index contributed by atoms with van der Waals surface area (Å²) in [5.41, 5.74) is 0.638. The highest BCUT2D eigenvalue weighted by Gasteiger charge is 2.23. The van der Waals surface area contributed by atoms with Crippen molar-refractivity contribution in [1.29, 1.82) is 0 Å². The number of nitrogens with one attached hydrogen (secondary N) is 1. The zero-order chi connectivity index (χ0) is 21.6. The summed E-state index contributed by atoms with van der Waals surface area (Å²) in [7, 11) is 3.32. The third-order valence-corrected chi connectivity index (χ3v) is 3.98. The normalized spacial score (nSPS) is 11.3. The van der Waals surface area contributed by atoms with Crippen molar-refractivity contribution < 1.29 is 24.0 Å². The minimum absolute atomic E-state index is 0.0111. The van der Waals surface area contributed by atoms with Crippen LogP contribution < -0.4 is 15.0 Å². The van der Waals surface area contributed by atoms with Crippen LogP contribution in [-0.4, -0.2) is 43.6 Å². The maximum absolute atomic E-state index is 12.3. The predicted molar refractivity (Wildman–Crippen MR) is 109 cm³/mol. The SMILES string of the molecule is CCOc1ccc(NC(=O)C(C)OC(=O)c2ccc(N(C)C)c([N+](=O)[O-])c2)cc1. The molecular formula is C20H23N3O6. The molecule has 0 aliphatic rings. The number of amides is 1. The van der Waals surface area contributed by atoms with Gasteiger partial charge in [-0.1, -0.05) is 0 Å². The highest BCUT2D eigenvalue weighted by atomic mass is 16.6. The maximum atomic E-state index is 12.3. The number of ether oxygens (including phenoxy) is 2. The van der Waals surface area contributed by atoms with E-state index >= 15 is 0 Å². The summed E-state index contributed by atoms with van der Waals surface area (Å²) in [6.07, 6.45) is -1.10. The zero-order valence-corrected chi connectivity index (χ0v) is 16.7. The van der Waals surface area contributed by atoms with Crippen molar-refractivity contribution >= 4 is 28.9 Å². The molecule has 1 amide bonds. The van der Waals surface area contributed by atoms with E-state index in [1.807, 2.05) is 6.92 Å². The maximum Gasteiger partial charge on any atom is 0.339 e. The molecule has 0 spiro atoms. The quantitative estimate of drug-likeness (QED) is 0.411. The molecule has 154 valence electrons. The van der Waals surface area contributed by atoms with E-state index in [2.05, 4.69) is 5.32 Å². The lowest BCUT2D eigenvalue weighted by atomic mass is 10.1. The zero-order valence-electron chi connectivity index (χ0n) is 16.7. The van der Waals surface area contributed by atoms with Crippen molar-refractivity contribution in [3.63, 3.8) is 0 Å². The lowest BCUT2D eigenvalue weighted by molar-refractivity contribution is -0.384. The molecule has 0 radical (unpaired) electrons. The summed E-state index contributed by atoms with van der Waals surface area (Å²) in [6.45, 7) is 3.82. The highest BCUT2D eigenvalue weighted by molar-refractivity contribution is 5.97. The summed E-state index contributed by atoms with van der Waals surface area (Å²) in [5, 5.41) is 13.9. The van der Waals surface area contributed by atoms with Crippen molar-refractivity contribution in [2.45, 2.75) is 20.0 Å². The summed E-state index contributed by atoms with van der Waals surface area (Å²) in [6, 6.07) is 10.8. The second kappa shape index (κ2) is 9.54. The van der Waals surface area contributed by atoms with Crippen LogP contribution in [0.5, 0.6) is 5.75 Å². The Morgan fingerprint density at radius 1 is 1.17 bits per heavy atom. The van der Waals surface area contributed by atoms with E-state index in [0.717, 1.165) is 6.07 Å². The average Bonchev–Trinajstić information content (AvgIpc) is 2.68. The van der Waals surface area contributed by atoms with Crippen LogP contribution in [0, 0.1) is 10.1 Å². The van der Waals surface area contributed by atoms with E-state index in [0.29, 0.717) is 23.7 Å². The van der Waals surface area contributed by atoms with E-state index in [-0.39, 0.29) is 11.3 Å². The lowest BCUT2D eigenvalue weighted by Crippen LogP contribution is -2.30. The van der Waals surface area contributed by atoms with Crippen molar-refractivity contribution in [3.05, 3.63) is 58.1 Å². The second-order valence-corrected chi connectivity index (χ2v) is 6.35. The average molecular weight is 401 g/mol. The van der Waals surface area contributed by atoms with E-state index in [1.54, 1.807) is 43.3 Å². The van der Waals surface area contributed by atoms with Crippen LogP contribution >= 0.6 is 0 Å². The van der Waals surface area contributed by atoms with Gasteiger partial charge in [0.05, 0.1) is 17.1 Å². The van der Waals surface area contributed by atoms with Crippen LogP contribution in [0.1, 0.15) is 24.2 Å². The minimum Gasteiger partial charge on any atom is -0.494 e. The van der Waals surface area contributed by atoms with Crippen LogP contribution in [0.2, 0.25) is 0 Å². The van der Waals surface area contributed by atoms with Gasteiger partial charge >= 0.3 is 5.97 Å². The Balaban J connectivity index is 2.05. The number of nitro benzene ring substituents is 1. The number of rotatable bonds is 8. The molecule has 9 heteroatoms. The van der Waals surface area contributed by atoms with E-state index in [1.165, 1.54) is 19.1 Å².